The second-order valence-electron chi connectivity index (χ2n) is 4.62. The van der Waals surface area contributed by atoms with Crippen LogP contribution in [0.1, 0.15) is 5.56 Å². The fourth-order valence-electron chi connectivity index (χ4n) is 2.32. The largest absolute Gasteiger partial charge is 0.573 e. The van der Waals surface area contributed by atoms with Crippen molar-refractivity contribution in [3.8, 4) is 22.9 Å². The normalized spacial score (nSPS) is 11.4. The smallest absolute Gasteiger partial charge is 0.405 e. The predicted octanol–water partition coefficient (Wildman–Crippen LogP) is 4.61. The molecule has 0 aliphatic rings. The van der Waals surface area contributed by atoms with Gasteiger partial charge in [0.25, 0.3) is 0 Å². The molecule has 0 atom stereocenters. The molecule has 110 valence electrons. The summed E-state index contributed by atoms with van der Waals surface area (Å²) in [6.07, 6.45) is -3.16. The minimum absolute atomic E-state index is 0.279. The number of nitrogens with one attached hydrogen (secondary N) is 1. The topological polar surface area (TPSA) is 48.8 Å². The second kappa shape index (κ2) is 5.11. The van der Waals surface area contributed by atoms with Gasteiger partial charge in [0.1, 0.15) is 5.75 Å². The molecule has 0 saturated heterocycles. The number of ether oxygens (including phenoxy) is 1. The summed E-state index contributed by atoms with van der Waals surface area (Å²) in [6, 6.07) is 12.9. The van der Waals surface area contributed by atoms with Crippen molar-refractivity contribution in [2.24, 2.45) is 0 Å². The van der Waals surface area contributed by atoms with Gasteiger partial charge in [-0.25, -0.2) is 0 Å². The van der Waals surface area contributed by atoms with Gasteiger partial charge in [-0.3, -0.25) is 0 Å². The molecule has 1 N–H and O–H groups in total. The molecular weight excluding hydrogens is 293 g/mol. The number of alkyl halides is 3. The Morgan fingerprint density at radius 2 is 1.82 bits per heavy atom. The Labute approximate surface area is 123 Å². The average molecular weight is 302 g/mol. The van der Waals surface area contributed by atoms with E-state index in [-0.39, 0.29) is 5.75 Å². The Balaban J connectivity index is 2.18. The first-order valence-electron chi connectivity index (χ1n) is 6.34. The summed E-state index contributed by atoms with van der Waals surface area (Å²) in [4.78, 5) is 2.98. The molecule has 0 saturated carbocycles. The molecule has 2 aromatic carbocycles. The molecule has 3 nitrogen and oxygen atoms in total. The molecule has 1 heterocycles. The summed E-state index contributed by atoms with van der Waals surface area (Å²) in [6.45, 7) is 0. The van der Waals surface area contributed by atoms with Gasteiger partial charge in [0.05, 0.1) is 11.6 Å². The van der Waals surface area contributed by atoms with Crippen LogP contribution in [0.25, 0.3) is 22.0 Å². The lowest BCUT2D eigenvalue weighted by Gasteiger charge is -2.12. The van der Waals surface area contributed by atoms with E-state index in [2.05, 4.69) is 9.72 Å². The van der Waals surface area contributed by atoms with Crippen molar-refractivity contribution in [3.63, 3.8) is 0 Å². The summed E-state index contributed by atoms with van der Waals surface area (Å²) in [5.41, 5.74) is 2.02. The molecule has 1 aromatic heterocycles. The number of H-pyrrole nitrogens is 1. The van der Waals surface area contributed by atoms with Crippen LogP contribution in [0, 0.1) is 11.3 Å². The van der Waals surface area contributed by atoms with E-state index in [1.165, 1.54) is 12.1 Å². The third-order valence-electron chi connectivity index (χ3n) is 3.21. The average Bonchev–Trinajstić information content (AvgIpc) is 2.89. The lowest BCUT2D eigenvalue weighted by molar-refractivity contribution is -0.274. The number of hydrogen-bond acceptors (Lipinski definition) is 2. The fourth-order valence-corrected chi connectivity index (χ4v) is 2.32. The maximum atomic E-state index is 12.5. The lowest BCUT2D eigenvalue weighted by atomic mass is 10.0. The van der Waals surface area contributed by atoms with Gasteiger partial charge in [0.15, 0.2) is 0 Å². The van der Waals surface area contributed by atoms with Crippen LogP contribution in [0.15, 0.2) is 48.7 Å². The number of aromatic amines is 1. The standard InChI is InChI=1S/C16H9F3N2O/c17-16(18,19)22-15-4-2-1-3-11(15)13-9-21-14-6-5-10(8-20)7-12(13)14/h1-7,9,21H. The highest BCUT2D eigenvalue weighted by atomic mass is 19.4. The van der Waals surface area contributed by atoms with E-state index in [4.69, 9.17) is 5.26 Å². The van der Waals surface area contributed by atoms with Gasteiger partial charge in [0, 0.05) is 28.2 Å². The molecule has 0 radical (unpaired) electrons. The van der Waals surface area contributed by atoms with Gasteiger partial charge in [-0.2, -0.15) is 5.26 Å². The van der Waals surface area contributed by atoms with E-state index in [9.17, 15) is 13.2 Å². The van der Waals surface area contributed by atoms with Crippen molar-refractivity contribution in [1.29, 1.82) is 5.26 Å². The van der Waals surface area contributed by atoms with Gasteiger partial charge in [-0.1, -0.05) is 18.2 Å². The number of para-hydroxylation sites is 1. The Kier molecular flexibility index (Phi) is 3.26. The fraction of sp³-hybridized carbons (Fsp3) is 0.0625. The minimum Gasteiger partial charge on any atom is -0.405 e. The van der Waals surface area contributed by atoms with Gasteiger partial charge in [0.2, 0.25) is 0 Å². The quantitative estimate of drug-likeness (QED) is 0.751. The third kappa shape index (κ3) is 2.61. The van der Waals surface area contributed by atoms with Crippen molar-refractivity contribution < 1.29 is 17.9 Å². The number of nitriles is 1. The number of nitrogens with zero attached hydrogens (tertiary/aromatic N) is 1. The molecule has 0 aliphatic carbocycles. The molecule has 0 amide bonds. The van der Waals surface area contributed by atoms with E-state index >= 15 is 0 Å². The van der Waals surface area contributed by atoms with Crippen molar-refractivity contribution in [2.75, 3.05) is 0 Å². The highest BCUT2D eigenvalue weighted by Gasteiger charge is 2.32. The Bertz CT molecular complexity index is 875. The number of benzene rings is 2. The SMILES string of the molecule is N#Cc1ccc2[nH]cc(-c3ccccc3OC(F)(F)F)c2c1. The van der Waals surface area contributed by atoms with Gasteiger partial charge >= 0.3 is 6.36 Å². The monoisotopic (exact) mass is 302 g/mol. The molecule has 0 unspecified atom stereocenters. The number of halogens is 3. The van der Waals surface area contributed by atoms with Crippen LogP contribution in [0.2, 0.25) is 0 Å². The van der Waals surface area contributed by atoms with Gasteiger partial charge < -0.3 is 9.72 Å². The molecular formula is C16H9F3N2O. The van der Waals surface area contributed by atoms with E-state index in [1.54, 1.807) is 36.5 Å². The Morgan fingerprint density at radius 1 is 1.05 bits per heavy atom. The number of rotatable bonds is 2. The van der Waals surface area contributed by atoms with Crippen LogP contribution >= 0.6 is 0 Å². The van der Waals surface area contributed by atoms with Crippen molar-refractivity contribution in [3.05, 3.63) is 54.2 Å². The van der Waals surface area contributed by atoms with Crippen molar-refractivity contribution >= 4 is 10.9 Å². The Morgan fingerprint density at radius 3 is 2.55 bits per heavy atom. The van der Waals surface area contributed by atoms with Crippen LogP contribution < -0.4 is 4.74 Å². The molecule has 0 bridgehead atoms. The highest BCUT2D eigenvalue weighted by Crippen LogP contribution is 2.37. The highest BCUT2D eigenvalue weighted by molar-refractivity contribution is 5.97. The summed E-state index contributed by atoms with van der Waals surface area (Å²) < 4.78 is 41.7. The summed E-state index contributed by atoms with van der Waals surface area (Å²) in [5, 5.41) is 9.63. The van der Waals surface area contributed by atoms with Crippen LogP contribution in [0.5, 0.6) is 5.75 Å². The van der Waals surface area contributed by atoms with Crippen LogP contribution in [0.4, 0.5) is 13.2 Å². The maximum absolute atomic E-state index is 12.5. The van der Waals surface area contributed by atoms with E-state index in [0.29, 0.717) is 22.1 Å². The third-order valence-corrected chi connectivity index (χ3v) is 3.21. The van der Waals surface area contributed by atoms with Gasteiger partial charge in [-0.15, -0.1) is 13.2 Å². The zero-order valence-corrected chi connectivity index (χ0v) is 11.1. The first-order valence-corrected chi connectivity index (χ1v) is 6.34. The maximum Gasteiger partial charge on any atom is 0.573 e. The van der Waals surface area contributed by atoms with Crippen molar-refractivity contribution in [1.82, 2.24) is 4.98 Å². The molecule has 0 fully saturated rings. The van der Waals surface area contributed by atoms with Crippen LogP contribution in [-0.2, 0) is 0 Å². The molecule has 0 aliphatic heterocycles. The zero-order valence-electron chi connectivity index (χ0n) is 11.1. The van der Waals surface area contributed by atoms with E-state index in [0.717, 1.165) is 5.52 Å². The zero-order chi connectivity index (χ0) is 15.7. The summed E-state index contributed by atoms with van der Waals surface area (Å²) in [7, 11) is 0. The predicted molar refractivity (Wildman–Crippen MR) is 75.1 cm³/mol. The molecule has 6 heteroatoms. The summed E-state index contributed by atoms with van der Waals surface area (Å²) in [5.74, 6) is -0.279. The summed E-state index contributed by atoms with van der Waals surface area (Å²) >= 11 is 0. The Hall–Kier alpha value is -2.94. The molecule has 3 aromatic rings. The van der Waals surface area contributed by atoms with Gasteiger partial charge in [-0.05, 0) is 24.3 Å². The second-order valence-corrected chi connectivity index (χ2v) is 4.62. The number of hydrogen-bond donors (Lipinski definition) is 1. The first kappa shape index (κ1) is 14.0. The van der Waals surface area contributed by atoms with Crippen LogP contribution in [0.3, 0.4) is 0 Å². The molecule has 22 heavy (non-hydrogen) atoms. The van der Waals surface area contributed by atoms with E-state index in [1.807, 2.05) is 6.07 Å². The van der Waals surface area contributed by atoms with E-state index < -0.39 is 6.36 Å². The minimum atomic E-state index is -4.76. The molecule has 3 rings (SSSR count). The number of fused-ring (bicyclic) bond motifs is 1. The lowest BCUT2D eigenvalue weighted by Crippen LogP contribution is -2.17. The number of aromatic nitrogens is 1. The van der Waals surface area contributed by atoms with Crippen molar-refractivity contribution in [2.45, 2.75) is 6.36 Å². The van der Waals surface area contributed by atoms with Crippen LogP contribution in [-0.4, -0.2) is 11.3 Å². The first-order chi connectivity index (χ1) is 10.5. The molecule has 0 spiro atoms.